The molecule has 14 nitrogen and oxygen atoms in total. The lowest BCUT2D eigenvalue weighted by molar-refractivity contribution is -0.200. The van der Waals surface area contributed by atoms with Crippen LogP contribution in [0.4, 0.5) is 4.39 Å². The molecule has 3 fully saturated rings. The van der Waals surface area contributed by atoms with Crippen molar-refractivity contribution in [2.75, 3.05) is 26.3 Å². The van der Waals surface area contributed by atoms with E-state index in [0.717, 1.165) is 5.01 Å². The van der Waals surface area contributed by atoms with Crippen LogP contribution in [-0.4, -0.2) is 96.4 Å². The summed E-state index contributed by atoms with van der Waals surface area (Å²) in [6, 6.07) is 1.18. The number of ether oxygens (including phenoxy) is 3. The summed E-state index contributed by atoms with van der Waals surface area (Å²) in [6.07, 6.45) is -2.49. The molecule has 0 aliphatic carbocycles. The highest BCUT2D eigenvalue weighted by molar-refractivity contribution is 7.49. The minimum atomic E-state index is -4.90. The Labute approximate surface area is 218 Å². The van der Waals surface area contributed by atoms with Gasteiger partial charge in [-0.15, -0.1) is 4.78 Å². The van der Waals surface area contributed by atoms with Crippen LogP contribution in [0.15, 0.2) is 21.9 Å². The van der Waals surface area contributed by atoms with Crippen molar-refractivity contribution in [3.8, 4) is 0 Å². The highest BCUT2D eigenvalue weighted by atomic mass is 31.2. The van der Waals surface area contributed by atoms with Crippen LogP contribution in [0.25, 0.3) is 0 Å². The van der Waals surface area contributed by atoms with E-state index in [1.807, 2.05) is 20.8 Å². The van der Waals surface area contributed by atoms with Crippen molar-refractivity contribution in [3.63, 3.8) is 0 Å². The van der Waals surface area contributed by atoms with Crippen molar-refractivity contribution in [1.29, 1.82) is 0 Å². The highest BCUT2D eigenvalue weighted by Crippen LogP contribution is 2.45. The van der Waals surface area contributed by atoms with Gasteiger partial charge in [-0.2, -0.15) is 5.01 Å². The quantitative estimate of drug-likeness (QED) is 0.207. The maximum absolute atomic E-state index is 14.6. The number of H-pyrrole nitrogens is 1. The largest absolute Gasteiger partial charge is 0.416 e. The molecule has 38 heavy (non-hydrogen) atoms. The third-order valence-electron chi connectivity index (χ3n) is 7.04. The zero-order valence-electron chi connectivity index (χ0n) is 21.7. The maximum atomic E-state index is 14.6. The number of aliphatic hydroxyl groups is 1. The topological polar surface area (TPSA) is 179 Å². The minimum absolute atomic E-state index is 0.0197. The van der Waals surface area contributed by atoms with Gasteiger partial charge < -0.3 is 29.1 Å². The Morgan fingerprint density at radius 3 is 2.68 bits per heavy atom. The van der Waals surface area contributed by atoms with E-state index >= 15 is 0 Å². The second-order valence-electron chi connectivity index (χ2n) is 10.8. The lowest BCUT2D eigenvalue weighted by atomic mass is 9.87. The monoisotopic (exact) mass is 565 g/mol. The second-order valence-corrected chi connectivity index (χ2v) is 12.3. The molecule has 6 atom stereocenters. The maximum Gasteiger partial charge on any atom is 0.416 e. The number of hydrazine groups is 1. The fourth-order valence-electron chi connectivity index (χ4n) is 5.73. The molecule has 0 radical (unpaired) electrons. The van der Waals surface area contributed by atoms with E-state index in [-0.39, 0.29) is 51.7 Å². The third-order valence-corrected chi connectivity index (χ3v) is 8.07. The molecule has 0 spiro atoms. The molecular formula is C22H37FN5O9P. The summed E-state index contributed by atoms with van der Waals surface area (Å²) in [5.41, 5.74) is -2.87. The van der Waals surface area contributed by atoms with Crippen LogP contribution in [0.3, 0.4) is 0 Å². The molecule has 3 unspecified atom stereocenters. The first-order valence-corrected chi connectivity index (χ1v) is 14.2. The first-order valence-electron chi connectivity index (χ1n) is 12.6. The Hall–Kier alpha value is -1.52. The number of halogens is 1. The summed E-state index contributed by atoms with van der Waals surface area (Å²) in [5.74, 6) is 0. The zero-order valence-corrected chi connectivity index (χ0v) is 22.6. The highest BCUT2D eigenvalue weighted by Gasteiger charge is 2.49. The summed E-state index contributed by atoms with van der Waals surface area (Å²) < 4.78 is 46.3. The Morgan fingerprint density at radius 2 is 2.05 bits per heavy atom. The van der Waals surface area contributed by atoms with Crippen LogP contribution < -0.4 is 16.6 Å². The van der Waals surface area contributed by atoms with Crippen LogP contribution in [-0.2, 0) is 18.8 Å². The van der Waals surface area contributed by atoms with E-state index in [4.69, 9.17) is 14.2 Å². The number of rotatable bonds is 8. The summed E-state index contributed by atoms with van der Waals surface area (Å²) in [4.78, 5) is 46.0. The summed E-state index contributed by atoms with van der Waals surface area (Å²) in [6.45, 7) is 5.34. The predicted molar refractivity (Wildman–Crippen MR) is 131 cm³/mol. The molecule has 4 heterocycles. The lowest BCUT2D eigenvalue weighted by Gasteiger charge is -2.51. The van der Waals surface area contributed by atoms with E-state index in [0.29, 0.717) is 11.2 Å². The molecule has 1 aromatic rings. The number of aromatic amines is 1. The predicted octanol–water partition coefficient (Wildman–Crippen LogP) is -0.224. The smallest absolute Gasteiger partial charge is 0.390 e. The number of hydrogen-bond acceptors (Lipinski definition) is 9. The molecular weight excluding hydrogens is 528 g/mol. The molecule has 5 N–H and O–H groups in total. The average Bonchev–Trinajstić information content (AvgIpc) is 3.12. The van der Waals surface area contributed by atoms with Crippen molar-refractivity contribution >= 4 is 7.75 Å². The molecule has 0 saturated carbocycles. The van der Waals surface area contributed by atoms with Crippen molar-refractivity contribution in [2.24, 2.45) is 0 Å². The van der Waals surface area contributed by atoms with Crippen molar-refractivity contribution in [2.45, 2.75) is 88.6 Å². The van der Waals surface area contributed by atoms with E-state index in [2.05, 4.69) is 10.3 Å². The van der Waals surface area contributed by atoms with E-state index in [1.54, 1.807) is 0 Å². The Morgan fingerprint density at radius 1 is 1.32 bits per heavy atom. The fraction of sp³-hybridized carbons (Fsp3) is 0.818. The van der Waals surface area contributed by atoms with Gasteiger partial charge in [-0.3, -0.25) is 19.7 Å². The van der Waals surface area contributed by atoms with Gasteiger partial charge in [0.15, 0.2) is 6.30 Å². The van der Waals surface area contributed by atoms with Crippen LogP contribution in [0.2, 0.25) is 0 Å². The number of aromatic nitrogens is 2. The molecule has 3 saturated heterocycles. The standard InChI is InChI=1S/C22H37FN5O9P/c1-14-11-21(2,3)25-22(37-14,5-7-28(38(32,33)34)27-8-9-35-13-17(27)23)12-16-15(29)10-19(36-16)26-6-4-18(30)24-20(26)31/h4,6,14-17,19,25,29H,5,7-13H2,1-3H3,(H,24,30,31)(H2,32,33,34)/t14?,15-,16+,17?,19+,22?/m0/s1. The van der Waals surface area contributed by atoms with Gasteiger partial charge in [-0.05, 0) is 27.2 Å². The third kappa shape index (κ3) is 6.78. The molecule has 216 valence electrons. The van der Waals surface area contributed by atoms with Gasteiger partial charge in [0, 0.05) is 50.2 Å². The number of aliphatic hydroxyl groups excluding tert-OH is 1. The van der Waals surface area contributed by atoms with E-state index in [1.165, 1.54) is 16.8 Å². The van der Waals surface area contributed by atoms with Gasteiger partial charge in [0.2, 0.25) is 0 Å². The summed E-state index contributed by atoms with van der Waals surface area (Å²) in [7, 11) is -4.90. The lowest BCUT2D eigenvalue weighted by Crippen LogP contribution is -2.65. The Bertz CT molecular complexity index is 1140. The van der Waals surface area contributed by atoms with Crippen molar-refractivity contribution in [3.05, 3.63) is 33.1 Å². The first kappa shape index (κ1) is 29.5. The normalized spacial score (nSPS) is 34.6. The molecule has 3 aliphatic heterocycles. The minimum Gasteiger partial charge on any atom is -0.390 e. The molecule has 3 aliphatic rings. The molecule has 0 amide bonds. The van der Waals surface area contributed by atoms with Crippen molar-refractivity contribution in [1.82, 2.24) is 24.7 Å². The number of nitrogens with zero attached hydrogens (tertiary/aromatic N) is 3. The molecule has 0 bridgehead atoms. The summed E-state index contributed by atoms with van der Waals surface area (Å²) >= 11 is 0. The van der Waals surface area contributed by atoms with Gasteiger partial charge in [0.25, 0.3) is 5.56 Å². The van der Waals surface area contributed by atoms with Crippen LogP contribution in [0.5, 0.6) is 0 Å². The van der Waals surface area contributed by atoms with Gasteiger partial charge in [0.05, 0.1) is 31.5 Å². The molecule has 16 heteroatoms. The summed E-state index contributed by atoms with van der Waals surface area (Å²) in [5, 5.41) is 15.3. The Kier molecular flexibility index (Phi) is 8.65. The molecule has 4 rings (SSSR count). The van der Waals surface area contributed by atoms with Crippen molar-refractivity contribution < 1.29 is 38.1 Å². The van der Waals surface area contributed by atoms with Gasteiger partial charge >= 0.3 is 13.4 Å². The second kappa shape index (κ2) is 11.2. The SMILES string of the molecule is CC1CC(C)(C)NC(CCN(N2CCOCC2F)P(=O)(O)O)(C[C@H]2O[C@@H](n3ccc(=O)[nH]c3=O)C[C@@H]2O)O1. The van der Waals surface area contributed by atoms with Crippen LogP contribution in [0, 0.1) is 0 Å². The molecule has 0 aromatic carbocycles. The fourth-order valence-corrected chi connectivity index (χ4v) is 6.59. The van der Waals surface area contributed by atoms with Gasteiger partial charge in [0.1, 0.15) is 12.0 Å². The number of hydrogen-bond donors (Lipinski definition) is 5. The number of morpholine rings is 1. The van der Waals surface area contributed by atoms with Crippen LogP contribution >= 0.6 is 7.75 Å². The van der Waals surface area contributed by atoms with E-state index in [9.17, 15) is 33.4 Å². The zero-order chi connectivity index (χ0) is 27.9. The average molecular weight is 566 g/mol. The number of nitrogens with one attached hydrogen (secondary N) is 2. The Balaban J connectivity index is 1.57. The van der Waals surface area contributed by atoms with Gasteiger partial charge in [-0.1, -0.05) is 0 Å². The van der Waals surface area contributed by atoms with Gasteiger partial charge in [-0.25, -0.2) is 13.8 Å². The first-order chi connectivity index (χ1) is 17.7. The van der Waals surface area contributed by atoms with Crippen LogP contribution in [0.1, 0.15) is 52.7 Å². The number of alkyl halides is 1. The van der Waals surface area contributed by atoms with E-state index < -0.39 is 55.0 Å². The molecule has 1 aromatic heterocycles.